The van der Waals surface area contributed by atoms with Crippen molar-refractivity contribution in [2.75, 3.05) is 17.2 Å². The van der Waals surface area contributed by atoms with Crippen LogP contribution in [0.2, 0.25) is 0 Å². The minimum absolute atomic E-state index is 0.207. The number of para-hydroxylation sites is 2. The Bertz CT molecular complexity index is 1140. The molecule has 0 atom stereocenters. The van der Waals surface area contributed by atoms with Crippen LogP contribution < -0.4 is 15.4 Å². The zero-order valence-corrected chi connectivity index (χ0v) is 18.1. The Labute approximate surface area is 186 Å². The van der Waals surface area contributed by atoms with Crippen LogP contribution in [0.3, 0.4) is 0 Å². The van der Waals surface area contributed by atoms with Gasteiger partial charge in [-0.25, -0.2) is 4.79 Å². The number of nitrogens with one attached hydrogen (secondary N) is 2. The molecule has 0 radical (unpaired) electrons. The van der Waals surface area contributed by atoms with Gasteiger partial charge in [0.25, 0.3) is 11.8 Å². The van der Waals surface area contributed by atoms with Crippen molar-refractivity contribution in [1.82, 2.24) is 0 Å². The second-order valence-electron chi connectivity index (χ2n) is 7.06. The summed E-state index contributed by atoms with van der Waals surface area (Å²) in [5.74, 6) is -0.378. The van der Waals surface area contributed by atoms with Crippen molar-refractivity contribution >= 4 is 29.3 Å². The zero-order valence-electron chi connectivity index (χ0n) is 18.1. The molecule has 0 aromatic heterocycles. The van der Waals surface area contributed by atoms with Gasteiger partial charge in [-0.3, -0.25) is 9.59 Å². The van der Waals surface area contributed by atoms with Gasteiger partial charge in [-0.05, 0) is 80.4 Å². The third-order valence-electron chi connectivity index (χ3n) is 4.77. The first kappa shape index (κ1) is 22.6. The highest BCUT2D eigenvalue weighted by Crippen LogP contribution is 2.23. The van der Waals surface area contributed by atoms with Crippen molar-refractivity contribution in [3.05, 3.63) is 89.0 Å². The van der Waals surface area contributed by atoms with Crippen LogP contribution in [0.1, 0.15) is 38.8 Å². The number of amides is 2. The van der Waals surface area contributed by atoms with Gasteiger partial charge in [0.15, 0.2) is 0 Å². The molecule has 0 saturated carbocycles. The summed E-state index contributed by atoms with van der Waals surface area (Å²) < 4.78 is 9.70. The highest BCUT2D eigenvalue weighted by atomic mass is 16.7. The molecule has 0 aliphatic heterocycles. The first-order valence-electron chi connectivity index (χ1n) is 10.1. The molecule has 0 aliphatic rings. The molecule has 3 aromatic rings. The molecule has 0 saturated heterocycles. The molecule has 2 amide bonds. The summed E-state index contributed by atoms with van der Waals surface area (Å²) in [7, 11) is 0. The quantitative estimate of drug-likeness (QED) is 0.405. The first-order chi connectivity index (χ1) is 15.4. The van der Waals surface area contributed by atoms with E-state index in [2.05, 4.69) is 10.6 Å². The summed E-state index contributed by atoms with van der Waals surface area (Å²) >= 11 is 0. The lowest BCUT2D eigenvalue weighted by Crippen LogP contribution is -2.17. The summed E-state index contributed by atoms with van der Waals surface area (Å²) in [4.78, 5) is 36.7. The molecule has 0 spiro atoms. The molecule has 0 fully saturated rings. The number of benzene rings is 3. The molecule has 0 heterocycles. The molecule has 164 valence electrons. The van der Waals surface area contributed by atoms with Gasteiger partial charge in [0, 0.05) is 11.1 Å². The summed E-state index contributed by atoms with van der Waals surface area (Å²) in [5, 5.41) is 5.65. The second-order valence-corrected chi connectivity index (χ2v) is 7.06. The van der Waals surface area contributed by atoms with E-state index < -0.39 is 6.16 Å². The monoisotopic (exact) mass is 432 g/mol. The molecule has 7 heteroatoms. The van der Waals surface area contributed by atoms with Gasteiger partial charge in [0.05, 0.1) is 18.0 Å². The Morgan fingerprint density at radius 3 is 1.88 bits per heavy atom. The van der Waals surface area contributed by atoms with Crippen LogP contribution in [0.5, 0.6) is 5.75 Å². The summed E-state index contributed by atoms with van der Waals surface area (Å²) in [6.07, 6.45) is -0.807. The Hall–Kier alpha value is -4.13. The third kappa shape index (κ3) is 5.72. The Morgan fingerprint density at radius 1 is 0.750 bits per heavy atom. The minimum atomic E-state index is -0.807. The number of carbonyl (C=O) groups excluding carboxylic acids is 3. The van der Waals surface area contributed by atoms with Crippen molar-refractivity contribution < 1.29 is 23.9 Å². The van der Waals surface area contributed by atoms with Crippen LogP contribution in [-0.2, 0) is 4.74 Å². The molecular weight excluding hydrogens is 408 g/mol. The van der Waals surface area contributed by atoms with Gasteiger partial charge in [-0.15, -0.1) is 0 Å². The van der Waals surface area contributed by atoms with Crippen LogP contribution in [-0.4, -0.2) is 24.6 Å². The smallest absolute Gasteiger partial charge is 0.434 e. The molecule has 7 nitrogen and oxygen atoms in total. The maximum Gasteiger partial charge on any atom is 0.513 e. The van der Waals surface area contributed by atoms with Crippen LogP contribution in [0.15, 0.2) is 66.7 Å². The van der Waals surface area contributed by atoms with E-state index in [-0.39, 0.29) is 24.2 Å². The SMILES string of the molecule is CCOC(=O)Oc1ccc(C(=O)Nc2ccccc2NC(=O)c2ccc(C)c(C)c2)cc1. The molecule has 3 rings (SSSR count). The van der Waals surface area contributed by atoms with E-state index in [1.807, 2.05) is 26.0 Å². The largest absolute Gasteiger partial charge is 0.513 e. The lowest BCUT2D eigenvalue weighted by Gasteiger charge is -2.13. The number of anilines is 2. The Balaban J connectivity index is 1.70. The molecular formula is C25H24N2O5. The predicted molar refractivity (Wildman–Crippen MR) is 122 cm³/mol. The maximum absolute atomic E-state index is 12.7. The number of carbonyl (C=O) groups is 3. The van der Waals surface area contributed by atoms with E-state index >= 15 is 0 Å². The van der Waals surface area contributed by atoms with Crippen LogP contribution in [0.25, 0.3) is 0 Å². The van der Waals surface area contributed by atoms with E-state index in [1.54, 1.807) is 37.3 Å². The summed E-state index contributed by atoms with van der Waals surface area (Å²) in [6, 6.07) is 18.5. The number of ether oxygens (including phenoxy) is 2. The van der Waals surface area contributed by atoms with E-state index in [0.29, 0.717) is 22.5 Å². The maximum atomic E-state index is 12.7. The molecule has 3 aromatic carbocycles. The Morgan fingerprint density at radius 2 is 1.31 bits per heavy atom. The molecule has 0 bridgehead atoms. The highest BCUT2D eigenvalue weighted by Gasteiger charge is 2.13. The highest BCUT2D eigenvalue weighted by molar-refractivity contribution is 6.10. The van der Waals surface area contributed by atoms with Crippen molar-refractivity contribution in [2.45, 2.75) is 20.8 Å². The van der Waals surface area contributed by atoms with Crippen LogP contribution in [0, 0.1) is 13.8 Å². The number of hydrogen-bond acceptors (Lipinski definition) is 5. The number of hydrogen-bond donors (Lipinski definition) is 2. The van der Waals surface area contributed by atoms with Gasteiger partial charge in [0.2, 0.25) is 0 Å². The lowest BCUT2D eigenvalue weighted by atomic mass is 10.1. The Kier molecular flexibility index (Phi) is 7.23. The minimum Gasteiger partial charge on any atom is -0.434 e. The second kappa shape index (κ2) is 10.3. The third-order valence-corrected chi connectivity index (χ3v) is 4.77. The molecule has 32 heavy (non-hydrogen) atoms. The van der Waals surface area contributed by atoms with Crippen LogP contribution in [0.4, 0.5) is 16.2 Å². The van der Waals surface area contributed by atoms with Crippen LogP contribution >= 0.6 is 0 Å². The summed E-state index contributed by atoms with van der Waals surface area (Å²) in [5.41, 5.74) is 3.96. The van der Waals surface area contributed by atoms with Crippen molar-refractivity contribution in [2.24, 2.45) is 0 Å². The number of aryl methyl sites for hydroxylation is 2. The van der Waals surface area contributed by atoms with Crippen molar-refractivity contribution in [1.29, 1.82) is 0 Å². The zero-order chi connectivity index (χ0) is 23.1. The van der Waals surface area contributed by atoms with Gasteiger partial charge in [-0.2, -0.15) is 0 Å². The number of rotatable bonds is 6. The van der Waals surface area contributed by atoms with Gasteiger partial charge in [-0.1, -0.05) is 18.2 Å². The predicted octanol–water partition coefficient (Wildman–Crippen LogP) is 5.34. The molecule has 2 N–H and O–H groups in total. The van der Waals surface area contributed by atoms with E-state index in [1.165, 1.54) is 24.3 Å². The van der Waals surface area contributed by atoms with E-state index in [0.717, 1.165) is 11.1 Å². The normalized spacial score (nSPS) is 10.2. The molecule has 0 aliphatic carbocycles. The fourth-order valence-electron chi connectivity index (χ4n) is 2.89. The fourth-order valence-corrected chi connectivity index (χ4v) is 2.89. The first-order valence-corrected chi connectivity index (χ1v) is 10.1. The van der Waals surface area contributed by atoms with E-state index in [9.17, 15) is 14.4 Å². The average Bonchev–Trinajstić information content (AvgIpc) is 2.77. The average molecular weight is 432 g/mol. The van der Waals surface area contributed by atoms with Crippen molar-refractivity contribution in [3.63, 3.8) is 0 Å². The van der Waals surface area contributed by atoms with E-state index in [4.69, 9.17) is 9.47 Å². The van der Waals surface area contributed by atoms with Gasteiger partial charge < -0.3 is 20.1 Å². The van der Waals surface area contributed by atoms with Gasteiger partial charge in [0.1, 0.15) is 5.75 Å². The summed E-state index contributed by atoms with van der Waals surface area (Å²) in [6.45, 7) is 5.82. The lowest BCUT2D eigenvalue weighted by molar-refractivity contribution is 0.101. The van der Waals surface area contributed by atoms with Gasteiger partial charge >= 0.3 is 6.16 Å². The molecule has 0 unspecified atom stereocenters. The van der Waals surface area contributed by atoms with Crippen molar-refractivity contribution in [3.8, 4) is 5.75 Å². The standard InChI is InChI=1S/C25H24N2O5/c1-4-31-25(30)32-20-13-11-18(12-14-20)23(28)26-21-7-5-6-8-22(21)27-24(29)19-10-9-16(2)17(3)15-19/h5-15H,4H2,1-3H3,(H,26,28)(H,27,29). The topological polar surface area (TPSA) is 93.7 Å². The fraction of sp³-hybridized carbons (Fsp3) is 0.160.